The first kappa shape index (κ1) is 18.1. The molecule has 5 nitrogen and oxygen atoms in total. The van der Waals surface area contributed by atoms with E-state index in [-0.39, 0.29) is 18.0 Å². The minimum atomic E-state index is -0.695. The van der Waals surface area contributed by atoms with E-state index < -0.39 is 5.97 Å². The Hall–Kier alpha value is -1.26. The highest BCUT2D eigenvalue weighted by Gasteiger charge is 2.30. The highest BCUT2D eigenvalue weighted by Crippen LogP contribution is 2.27. The molecule has 2 aliphatic rings. The van der Waals surface area contributed by atoms with Crippen molar-refractivity contribution in [3.8, 4) is 0 Å². The molecular weight excluding hydrogens is 292 g/mol. The SMILES string of the molecule is CC(C)CCN(C(=O)NC1CCC(C(=O)O)CC1)C1CCCC1. The largest absolute Gasteiger partial charge is 0.481 e. The van der Waals surface area contributed by atoms with E-state index in [1.54, 1.807) is 0 Å². The lowest BCUT2D eigenvalue weighted by molar-refractivity contribution is -0.142. The first-order chi connectivity index (χ1) is 11.0. The van der Waals surface area contributed by atoms with Crippen LogP contribution in [0.1, 0.15) is 71.6 Å². The second-order valence-electron chi connectivity index (χ2n) is 7.65. The third-order valence-corrected chi connectivity index (χ3v) is 5.38. The number of amides is 2. The van der Waals surface area contributed by atoms with Crippen molar-refractivity contribution in [1.82, 2.24) is 10.2 Å². The van der Waals surface area contributed by atoms with Gasteiger partial charge in [-0.05, 0) is 50.9 Å². The zero-order chi connectivity index (χ0) is 16.8. The van der Waals surface area contributed by atoms with Gasteiger partial charge >= 0.3 is 12.0 Å². The molecule has 0 atom stereocenters. The molecule has 2 amide bonds. The number of carbonyl (C=O) groups is 2. The molecule has 2 saturated carbocycles. The van der Waals surface area contributed by atoms with E-state index in [0.717, 1.165) is 38.6 Å². The van der Waals surface area contributed by atoms with Crippen LogP contribution in [-0.4, -0.2) is 40.6 Å². The Labute approximate surface area is 139 Å². The monoisotopic (exact) mass is 324 g/mol. The first-order valence-corrected chi connectivity index (χ1v) is 9.27. The lowest BCUT2D eigenvalue weighted by Crippen LogP contribution is -2.50. The molecule has 0 bridgehead atoms. The third-order valence-electron chi connectivity index (χ3n) is 5.38. The van der Waals surface area contributed by atoms with Gasteiger partial charge in [0.2, 0.25) is 0 Å². The van der Waals surface area contributed by atoms with Gasteiger partial charge in [0.25, 0.3) is 0 Å². The number of nitrogens with zero attached hydrogens (tertiary/aromatic N) is 1. The zero-order valence-electron chi connectivity index (χ0n) is 14.6. The van der Waals surface area contributed by atoms with E-state index in [4.69, 9.17) is 5.11 Å². The minimum absolute atomic E-state index is 0.0660. The van der Waals surface area contributed by atoms with Gasteiger partial charge in [-0.1, -0.05) is 26.7 Å². The Balaban J connectivity index is 1.86. The normalized spacial score (nSPS) is 25.5. The third kappa shape index (κ3) is 5.40. The Morgan fingerprint density at radius 1 is 1.09 bits per heavy atom. The highest BCUT2D eigenvalue weighted by molar-refractivity contribution is 5.75. The predicted octanol–water partition coefficient (Wildman–Crippen LogP) is 3.63. The molecule has 0 radical (unpaired) electrons. The lowest BCUT2D eigenvalue weighted by Gasteiger charge is -2.33. The zero-order valence-corrected chi connectivity index (χ0v) is 14.6. The molecule has 2 rings (SSSR count). The summed E-state index contributed by atoms with van der Waals surface area (Å²) in [5.41, 5.74) is 0. The van der Waals surface area contributed by atoms with Crippen LogP contribution < -0.4 is 5.32 Å². The summed E-state index contributed by atoms with van der Waals surface area (Å²) in [5.74, 6) is -0.327. The van der Waals surface area contributed by atoms with Crippen molar-refractivity contribution in [1.29, 1.82) is 0 Å². The summed E-state index contributed by atoms with van der Waals surface area (Å²) in [5, 5.41) is 12.2. The summed E-state index contributed by atoms with van der Waals surface area (Å²) in [7, 11) is 0. The quantitative estimate of drug-likeness (QED) is 0.784. The standard InChI is InChI=1S/C18H32N2O3/c1-13(2)11-12-20(16-5-3-4-6-16)18(23)19-15-9-7-14(8-10-15)17(21)22/h13-16H,3-12H2,1-2H3,(H,19,23)(H,21,22). The summed E-state index contributed by atoms with van der Waals surface area (Å²) >= 11 is 0. The van der Waals surface area contributed by atoms with Crippen molar-refractivity contribution < 1.29 is 14.7 Å². The molecule has 0 aromatic rings. The molecule has 23 heavy (non-hydrogen) atoms. The number of carboxylic acid groups (broad SMARTS) is 1. The Morgan fingerprint density at radius 3 is 2.22 bits per heavy atom. The summed E-state index contributed by atoms with van der Waals surface area (Å²) in [6.45, 7) is 5.22. The molecular formula is C18H32N2O3. The van der Waals surface area contributed by atoms with Crippen molar-refractivity contribution >= 4 is 12.0 Å². The number of carbonyl (C=O) groups excluding carboxylic acids is 1. The van der Waals surface area contributed by atoms with Crippen molar-refractivity contribution in [2.75, 3.05) is 6.54 Å². The van der Waals surface area contributed by atoms with Gasteiger partial charge in [0.15, 0.2) is 0 Å². The van der Waals surface area contributed by atoms with Crippen LogP contribution in [0.3, 0.4) is 0 Å². The molecule has 0 aliphatic heterocycles. The van der Waals surface area contributed by atoms with E-state index in [0.29, 0.717) is 24.8 Å². The summed E-state index contributed by atoms with van der Waals surface area (Å²) in [4.78, 5) is 25.8. The van der Waals surface area contributed by atoms with Gasteiger partial charge in [0.05, 0.1) is 5.92 Å². The van der Waals surface area contributed by atoms with Crippen molar-refractivity contribution in [3.63, 3.8) is 0 Å². The van der Waals surface area contributed by atoms with E-state index in [1.807, 2.05) is 0 Å². The van der Waals surface area contributed by atoms with Gasteiger partial charge in [0, 0.05) is 18.6 Å². The maximum atomic E-state index is 12.7. The molecule has 2 fully saturated rings. The molecule has 0 spiro atoms. The van der Waals surface area contributed by atoms with Crippen LogP contribution in [0.25, 0.3) is 0 Å². The van der Waals surface area contributed by atoms with Gasteiger partial charge in [-0.15, -0.1) is 0 Å². The molecule has 0 heterocycles. The Morgan fingerprint density at radius 2 is 1.70 bits per heavy atom. The smallest absolute Gasteiger partial charge is 0.317 e. The van der Waals surface area contributed by atoms with Crippen LogP contribution in [0.2, 0.25) is 0 Å². The van der Waals surface area contributed by atoms with Crippen LogP contribution in [-0.2, 0) is 4.79 Å². The van der Waals surface area contributed by atoms with Crippen LogP contribution in [0.4, 0.5) is 4.79 Å². The number of nitrogens with one attached hydrogen (secondary N) is 1. The van der Waals surface area contributed by atoms with Gasteiger partial charge in [-0.25, -0.2) is 4.79 Å². The first-order valence-electron chi connectivity index (χ1n) is 9.27. The molecule has 2 aliphatic carbocycles. The number of carboxylic acids is 1. The van der Waals surface area contributed by atoms with Crippen LogP contribution >= 0.6 is 0 Å². The maximum Gasteiger partial charge on any atom is 0.317 e. The fraction of sp³-hybridized carbons (Fsp3) is 0.889. The van der Waals surface area contributed by atoms with Gasteiger partial charge in [-0.2, -0.15) is 0 Å². The highest BCUT2D eigenvalue weighted by atomic mass is 16.4. The Kier molecular flexibility index (Phi) is 6.72. The number of urea groups is 1. The van der Waals surface area contributed by atoms with Gasteiger partial charge in [-0.3, -0.25) is 4.79 Å². The fourth-order valence-electron chi connectivity index (χ4n) is 3.81. The second-order valence-corrected chi connectivity index (χ2v) is 7.65. The summed E-state index contributed by atoms with van der Waals surface area (Å²) in [6, 6.07) is 0.599. The van der Waals surface area contributed by atoms with E-state index in [1.165, 1.54) is 12.8 Å². The molecule has 5 heteroatoms. The van der Waals surface area contributed by atoms with Crippen molar-refractivity contribution in [2.24, 2.45) is 11.8 Å². The number of hydrogen-bond donors (Lipinski definition) is 2. The average molecular weight is 324 g/mol. The van der Waals surface area contributed by atoms with Gasteiger partial charge < -0.3 is 15.3 Å². The Bertz CT molecular complexity index is 397. The van der Waals surface area contributed by atoms with Crippen molar-refractivity contribution in [2.45, 2.75) is 83.7 Å². The molecule has 0 aromatic heterocycles. The number of rotatable bonds is 6. The second kappa shape index (κ2) is 8.55. The maximum absolute atomic E-state index is 12.7. The van der Waals surface area contributed by atoms with Crippen LogP contribution in [0.15, 0.2) is 0 Å². The molecule has 0 unspecified atom stereocenters. The summed E-state index contributed by atoms with van der Waals surface area (Å²) < 4.78 is 0. The van der Waals surface area contributed by atoms with Crippen LogP contribution in [0.5, 0.6) is 0 Å². The molecule has 2 N–H and O–H groups in total. The molecule has 0 aromatic carbocycles. The number of hydrogen-bond acceptors (Lipinski definition) is 2. The average Bonchev–Trinajstić information content (AvgIpc) is 3.01. The molecule has 132 valence electrons. The van der Waals surface area contributed by atoms with Crippen molar-refractivity contribution in [3.05, 3.63) is 0 Å². The number of aliphatic carboxylic acids is 1. The predicted molar refractivity (Wildman–Crippen MR) is 90.3 cm³/mol. The lowest BCUT2D eigenvalue weighted by atomic mass is 9.86. The topological polar surface area (TPSA) is 69.6 Å². The summed E-state index contributed by atoms with van der Waals surface area (Å²) in [6.07, 6.45) is 8.64. The van der Waals surface area contributed by atoms with E-state index in [9.17, 15) is 9.59 Å². The van der Waals surface area contributed by atoms with Crippen LogP contribution in [0, 0.1) is 11.8 Å². The fourth-order valence-corrected chi connectivity index (χ4v) is 3.81. The van der Waals surface area contributed by atoms with E-state index >= 15 is 0 Å². The minimum Gasteiger partial charge on any atom is -0.481 e. The van der Waals surface area contributed by atoms with Gasteiger partial charge in [0.1, 0.15) is 0 Å². The molecule has 0 saturated heterocycles. The van der Waals surface area contributed by atoms with E-state index in [2.05, 4.69) is 24.1 Å².